The van der Waals surface area contributed by atoms with E-state index in [4.69, 9.17) is 9.72 Å². The van der Waals surface area contributed by atoms with E-state index in [1.54, 1.807) is 11.7 Å². The van der Waals surface area contributed by atoms with Crippen LogP contribution < -0.4 is 5.56 Å². The number of amides is 1. The molecule has 1 unspecified atom stereocenters. The number of nitrogens with zero attached hydrogens (tertiary/aromatic N) is 3. The third-order valence-corrected chi connectivity index (χ3v) is 7.24. The molecule has 1 amide bonds. The van der Waals surface area contributed by atoms with Gasteiger partial charge in [0.2, 0.25) is 5.91 Å². The van der Waals surface area contributed by atoms with Gasteiger partial charge in [0.05, 0.1) is 29.2 Å². The first-order valence-corrected chi connectivity index (χ1v) is 13.0. The average Bonchev–Trinajstić information content (AvgIpc) is 2.91. The van der Waals surface area contributed by atoms with E-state index in [1.165, 1.54) is 12.0 Å². The Bertz CT molecular complexity index is 1200. The second-order valence-corrected chi connectivity index (χ2v) is 9.43. The van der Waals surface area contributed by atoms with Gasteiger partial charge in [-0.05, 0) is 55.5 Å². The molecule has 6 nitrogen and oxygen atoms in total. The van der Waals surface area contributed by atoms with Crippen LogP contribution in [0.3, 0.4) is 0 Å². The highest BCUT2D eigenvalue weighted by Gasteiger charge is 2.33. The number of aromatic nitrogens is 2. The van der Waals surface area contributed by atoms with Gasteiger partial charge < -0.3 is 9.64 Å². The quantitative estimate of drug-likeness (QED) is 0.413. The first-order valence-electron chi connectivity index (χ1n) is 13.0. The van der Waals surface area contributed by atoms with E-state index in [1.807, 2.05) is 41.3 Å². The van der Waals surface area contributed by atoms with Crippen molar-refractivity contribution in [2.75, 3.05) is 20.3 Å². The standard InChI is InChI=1S/C29H37N3O3/c1-4-21-15-17-23(18-16-21)32-27(30-25-14-10-9-13-24(25)29(32)34)26(5-2)31(19-20-35-3)28(33)22-11-7-6-8-12-22/h9-10,13-18,22,26H,4-8,11-12,19-20H2,1-3H3. The van der Waals surface area contributed by atoms with Crippen LogP contribution in [0.15, 0.2) is 53.3 Å². The van der Waals surface area contributed by atoms with Gasteiger partial charge >= 0.3 is 0 Å². The number of benzene rings is 2. The largest absolute Gasteiger partial charge is 0.383 e. The second-order valence-electron chi connectivity index (χ2n) is 9.43. The summed E-state index contributed by atoms with van der Waals surface area (Å²) in [5.41, 5.74) is 2.53. The summed E-state index contributed by atoms with van der Waals surface area (Å²) < 4.78 is 7.10. The maximum Gasteiger partial charge on any atom is 0.266 e. The lowest BCUT2D eigenvalue weighted by Crippen LogP contribution is -2.43. The maximum absolute atomic E-state index is 13.8. The molecule has 3 aromatic rings. The zero-order valence-electron chi connectivity index (χ0n) is 21.2. The van der Waals surface area contributed by atoms with E-state index >= 15 is 0 Å². The Morgan fingerprint density at radius 2 is 1.80 bits per heavy atom. The van der Waals surface area contributed by atoms with E-state index in [0.29, 0.717) is 36.3 Å². The van der Waals surface area contributed by atoms with Crippen LogP contribution in [-0.4, -0.2) is 40.6 Å². The number of rotatable bonds is 9. The summed E-state index contributed by atoms with van der Waals surface area (Å²) >= 11 is 0. The molecule has 2 aromatic carbocycles. The topological polar surface area (TPSA) is 64.4 Å². The van der Waals surface area contributed by atoms with Crippen LogP contribution >= 0.6 is 0 Å². The summed E-state index contributed by atoms with van der Waals surface area (Å²) in [4.78, 5) is 34.6. The van der Waals surface area contributed by atoms with Crippen molar-refractivity contribution in [3.05, 3.63) is 70.3 Å². The number of carbonyl (C=O) groups is 1. The van der Waals surface area contributed by atoms with Crippen LogP contribution in [0.4, 0.5) is 0 Å². The Kier molecular flexibility index (Phi) is 8.34. The fourth-order valence-corrected chi connectivity index (χ4v) is 5.24. The fraction of sp³-hybridized carbons (Fsp3) is 0.483. The molecular formula is C29H37N3O3. The molecule has 0 spiro atoms. The van der Waals surface area contributed by atoms with Crippen molar-refractivity contribution in [3.8, 4) is 5.69 Å². The molecule has 35 heavy (non-hydrogen) atoms. The Morgan fingerprint density at radius 1 is 1.09 bits per heavy atom. The van der Waals surface area contributed by atoms with Gasteiger partial charge in [0, 0.05) is 19.6 Å². The Balaban J connectivity index is 1.87. The van der Waals surface area contributed by atoms with E-state index in [0.717, 1.165) is 37.8 Å². The molecule has 1 aliphatic rings. The highest BCUT2D eigenvalue weighted by atomic mass is 16.5. The smallest absolute Gasteiger partial charge is 0.266 e. The van der Waals surface area contributed by atoms with Crippen LogP contribution in [0.5, 0.6) is 0 Å². The lowest BCUT2D eigenvalue weighted by atomic mass is 9.87. The molecule has 1 aromatic heterocycles. The number of hydrogen-bond donors (Lipinski definition) is 0. The predicted octanol–water partition coefficient (Wildman–Crippen LogP) is 5.45. The summed E-state index contributed by atoms with van der Waals surface area (Å²) in [6.45, 7) is 5.09. The van der Waals surface area contributed by atoms with Gasteiger partial charge in [-0.1, -0.05) is 57.4 Å². The molecule has 1 fully saturated rings. The monoisotopic (exact) mass is 475 g/mol. The van der Waals surface area contributed by atoms with Gasteiger partial charge in [-0.2, -0.15) is 0 Å². The molecule has 1 atom stereocenters. The zero-order valence-corrected chi connectivity index (χ0v) is 21.2. The van der Waals surface area contributed by atoms with Crippen LogP contribution in [0.1, 0.15) is 69.8 Å². The van der Waals surface area contributed by atoms with Gasteiger partial charge in [0.15, 0.2) is 0 Å². The molecule has 4 rings (SSSR count). The van der Waals surface area contributed by atoms with Crippen LogP contribution in [0.25, 0.3) is 16.6 Å². The van der Waals surface area contributed by atoms with E-state index < -0.39 is 0 Å². The summed E-state index contributed by atoms with van der Waals surface area (Å²) in [6.07, 6.45) is 6.81. The van der Waals surface area contributed by atoms with Crippen molar-refractivity contribution >= 4 is 16.8 Å². The van der Waals surface area contributed by atoms with Gasteiger partial charge in [-0.15, -0.1) is 0 Å². The van der Waals surface area contributed by atoms with Crippen molar-refractivity contribution in [1.29, 1.82) is 0 Å². The lowest BCUT2D eigenvalue weighted by molar-refractivity contribution is -0.140. The highest BCUT2D eigenvalue weighted by molar-refractivity contribution is 5.80. The third-order valence-electron chi connectivity index (χ3n) is 7.24. The number of ether oxygens (including phenoxy) is 1. The van der Waals surface area contributed by atoms with Crippen LogP contribution in [0.2, 0.25) is 0 Å². The van der Waals surface area contributed by atoms with Crippen molar-refractivity contribution < 1.29 is 9.53 Å². The van der Waals surface area contributed by atoms with Gasteiger partial charge in [0.1, 0.15) is 5.82 Å². The van der Waals surface area contributed by atoms with Crippen molar-refractivity contribution in [2.45, 2.75) is 64.8 Å². The van der Waals surface area contributed by atoms with Crippen molar-refractivity contribution in [2.24, 2.45) is 5.92 Å². The molecular weight excluding hydrogens is 438 g/mol. The van der Waals surface area contributed by atoms with Crippen molar-refractivity contribution in [3.63, 3.8) is 0 Å². The Labute approximate surface area is 207 Å². The number of carbonyl (C=O) groups excluding carboxylic acids is 1. The summed E-state index contributed by atoms with van der Waals surface area (Å²) in [5, 5.41) is 0.577. The molecule has 0 aliphatic heterocycles. The average molecular weight is 476 g/mol. The van der Waals surface area contributed by atoms with E-state index in [-0.39, 0.29) is 23.4 Å². The molecule has 0 radical (unpaired) electrons. The minimum Gasteiger partial charge on any atom is -0.383 e. The molecule has 1 saturated carbocycles. The van der Waals surface area contributed by atoms with Gasteiger partial charge in [-0.3, -0.25) is 14.2 Å². The summed E-state index contributed by atoms with van der Waals surface area (Å²) in [5.74, 6) is 0.795. The number of fused-ring (bicyclic) bond motifs is 1. The maximum atomic E-state index is 13.8. The van der Waals surface area contributed by atoms with E-state index in [2.05, 4.69) is 26.0 Å². The van der Waals surface area contributed by atoms with Crippen LogP contribution in [0, 0.1) is 5.92 Å². The van der Waals surface area contributed by atoms with Crippen LogP contribution in [-0.2, 0) is 16.0 Å². The molecule has 0 saturated heterocycles. The Hall–Kier alpha value is -2.99. The molecule has 1 aliphatic carbocycles. The number of para-hydroxylation sites is 1. The molecule has 0 N–H and O–H groups in total. The highest BCUT2D eigenvalue weighted by Crippen LogP contribution is 2.31. The molecule has 1 heterocycles. The summed E-state index contributed by atoms with van der Waals surface area (Å²) in [7, 11) is 1.66. The first kappa shape index (κ1) is 25.1. The summed E-state index contributed by atoms with van der Waals surface area (Å²) in [6, 6.07) is 15.2. The number of hydrogen-bond acceptors (Lipinski definition) is 4. The minimum atomic E-state index is -0.331. The SMILES string of the molecule is CCc1ccc(-n2c(C(CC)N(CCOC)C(=O)C3CCCCC3)nc3ccccc3c2=O)cc1. The number of aryl methyl sites for hydroxylation is 1. The van der Waals surface area contributed by atoms with E-state index in [9.17, 15) is 9.59 Å². The Morgan fingerprint density at radius 3 is 2.46 bits per heavy atom. The molecule has 0 bridgehead atoms. The van der Waals surface area contributed by atoms with Crippen molar-refractivity contribution in [1.82, 2.24) is 14.5 Å². The zero-order chi connectivity index (χ0) is 24.8. The fourth-order valence-electron chi connectivity index (χ4n) is 5.24. The lowest BCUT2D eigenvalue weighted by Gasteiger charge is -2.35. The first-order chi connectivity index (χ1) is 17.1. The van der Waals surface area contributed by atoms with Gasteiger partial charge in [0.25, 0.3) is 5.56 Å². The second kappa shape index (κ2) is 11.6. The molecule has 6 heteroatoms. The molecule has 186 valence electrons. The number of methoxy groups -OCH3 is 1. The normalized spacial score (nSPS) is 15.3. The minimum absolute atomic E-state index is 0.0270. The predicted molar refractivity (Wildman–Crippen MR) is 140 cm³/mol. The third kappa shape index (κ3) is 5.32. The van der Waals surface area contributed by atoms with Gasteiger partial charge in [-0.25, -0.2) is 4.98 Å².